The lowest BCUT2D eigenvalue weighted by Crippen LogP contribution is -2.48. The standard InChI is InChI=1S/C14H10N4O2/c15-7-8-2-1-3-9-10(8)6-11(12(9)19)14(13(16)20)17-4-5-18-14/h1-5,11H,6H2,(H2,16,20). The van der Waals surface area contributed by atoms with Gasteiger partial charge >= 0.3 is 0 Å². The van der Waals surface area contributed by atoms with E-state index in [-0.39, 0.29) is 12.2 Å². The SMILES string of the molecule is N#Cc1cccc2c1CC(C1(C(N)=O)N=CC=N1)C2=O. The van der Waals surface area contributed by atoms with Crippen molar-refractivity contribution in [2.75, 3.05) is 0 Å². The van der Waals surface area contributed by atoms with Crippen LogP contribution in [0.3, 0.4) is 0 Å². The fourth-order valence-corrected chi connectivity index (χ4v) is 2.76. The van der Waals surface area contributed by atoms with Gasteiger partial charge in [0, 0.05) is 18.0 Å². The third kappa shape index (κ3) is 1.43. The molecular formula is C14H10N4O2. The van der Waals surface area contributed by atoms with Crippen LogP contribution in [0.25, 0.3) is 0 Å². The quantitative estimate of drug-likeness (QED) is 0.828. The molecule has 0 saturated carbocycles. The van der Waals surface area contributed by atoms with Gasteiger partial charge in [-0.3, -0.25) is 19.6 Å². The van der Waals surface area contributed by atoms with Gasteiger partial charge in [0.05, 0.1) is 17.6 Å². The van der Waals surface area contributed by atoms with E-state index in [2.05, 4.69) is 16.1 Å². The van der Waals surface area contributed by atoms with E-state index in [4.69, 9.17) is 11.0 Å². The highest BCUT2D eigenvalue weighted by atomic mass is 16.2. The lowest BCUT2D eigenvalue weighted by atomic mass is 9.89. The Balaban J connectivity index is 2.11. The van der Waals surface area contributed by atoms with Crippen molar-refractivity contribution in [2.24, 2.45) is 21.6 Å². The summed E-state index contributed by atoms with van der Waals surface area (Å²) in [5.41, 5.74) is 5.36. The Morgan fingerprint density at radius 3 is 2.70 bits per heavy atom. The summed E-state index contributed by atoms with van der Waals surface area (Å²) in [5, 5.41) is 9.10. The van der Waals surface area contributed by atoms with Crippen molar-refractivity contribution in [1.29, 1.82) is 5.26 Å². The highest BCUT2D eigenvalue weighted by Crippen LogP contribution is 2.38. The van der Waals surface area contributed by atoms with Crippen molar-refractivity contribution >= 4 is 24.1 Å². The Kier molecular flexibility index (Phi) is 2.51. The number of carbonyl (C=O) groups is 2. The maximum absolute atomic E-state index is 12.5. The monoisotopic (exact) mass is 266 g/mol. The van der Waals surface area contributed by atoms with Gasteiger partial charge in [0.25, 0.3) is 5.91 Å². The van der Waals surface area contributed by atoms with Gasteiger partial charge in [-0.25, -0.2) is 0 Å². The van der Waals surface area contributed by atoms with E-state index in [1.54, 1.807) is 18.2 Å². The van der Waals surface area contributed by atoms with Crippen molar-refractivity contribution < 1.29 is 9.59 Å². The number of ketones is 1. The van der Waals surface area contributed by atoms with E-state index < -0.39 is 17.5 Å². The molecule has 98 valence electrons. The van der Waals surface area contributed by atoms with E-state index in [9.17, 15) is 9.59 Å². The number of nitriles is 1. The molecule has 1 unspecified atom stereocenters. The molecule has 6 nitrogen and oxygen atoms in total. The van der Waals surface area contributed by atoms with E-state index in [1.165, 1.54) is 12.4 Å². The second kappa shape index (κ2) is 4.10. The van der Waals surface area contributed by atoms with Crippen LogP contribution >= 0.6 is 0 Å². The molecule has 6 heteroatoms. The summed E-state index contributed by atoms with van der Waals surface area (Å²) in [4.78, 5) is 32.3. The highest BCUT2D eigenvalue weighted by molar-refractivity contribution is 6.20. The van der Waals surface area contributed by atoms with Crippen molar-refractivity contribution in [3.05, 3.63) is 34.9 Å². The summed E-state index contributed by atoms with van der Waals surface area (Å²) in [6, 6.07) is 7.00. The molecule has 1 aliphatic heterocycles. The van der Waals surface area contributed by atoms with Crippen LogP contribution in [0, 0.1) is 17.2 Å². The summed E-state index contributed by atoms with van der Waals surface area (Å²) < 4.78 is 0. The first kappa shape index (κ1) is 12.2. The number of hydrogen-bond acceptors (Lipinski definition) is 5. The van der Waals surface area contributed by atoms with Crippen LogP contribution in [0.5, 0.6) is 0 Å². The van der Waals surface area contributed by atoms with E-state index >= 15 is 0 Å². The zero-order valence-corrected chi connectivity index (χ0v) is 10.4. The Morgan fingerprint density at radius 2 is 2.10 bits per heavy atom. The second-order valence-corrected chi connectivity index (χ2v) is 4.71. The number of amides is 1. The van der Waals surface area contributed by atoms with Crippen molar-refractivity contribution in [3.8, 4) is 6.07 Å². The first-order valence-electron chi connectivity index (χ1n) is 6.05. The van der Waals surface area contributed by atoms with Crippen LogP contribution in [0.15, 0.2) is 28.2 Å². The van der Waals surface area contributed by atoms with Crippen LogP contribution < -0.4 is 5.73 Å². The molecule has 0 aromatic heterocycles. The zero-order valence-electron chi connectivity index (χ0n) is 10.4. The number of fused-ring (bicyclic) bond motifs is 1. The minimum atomic E-state index is -1.57. The van der Waals surface area contributed by atoms with E-state index in [0.29, 0.717) is 16.7 Å². The van der Waals surface area contributed by atoms with Gasteiger partial charge in [0.15, 0.2) is 5.78 Å². The lowest BCUT2D eigenvalue weighted by Gasteiger charge is -2.24. The van der Waals surface area contributed by atoms with Crippen LogP contribution in [0.1, 0.15) is 21.5 Å². The van der Waals surface area contributed by atoms with Crippen LogP contribution in [-0.2, 0) is 11.2 Å². The third-order valence-electron chi connectivity index (χ3n) is 3.74. The maximum atomic E-state index is 12.5. The fraction of sp³-hybridized carbons (Fsp3) is 0.214. The Labute approximate surface area is 114 Å². The Hall–Kier alpha value is -2.81. The molecule has 1 heterocycles. The van der Waals surface area contributed by atoms with Crippen LogP contribution in [-0.4, -0.2) is 29.8 Å². The number of hydrogen-bond donors (Lipinski definition) is 1. The maximum Gasteiger partial charge on any atom is 0.268 e. The third-order valence-corrected chi connectivity index (χ3v) is 3.74. The van der Waals surface area contributed by atoms with Gasteiger partial charge in [0.1, 0.15) is 0 Å². The van der Waals surface area contributed by atoms with Crippen molar-refractivity contribution in [2.45, 2.75) is 12.1 Å². The molecular weight excluding hydrogens is 256 g/mol. The topological polar surface area (TPSA) is 109 Å². The van der Waals surface area contributed by atoms with Crippen molar-refractivity contribution in [1.82, 2.24) is 0 Å². The molecule has 0 radical (unpaired) electrons. The van der Waals surface area contributed by atoms with E-state index in [0.717, 1.165) is 0 Å². The van der Waals surface area contributed by atoms with Gasteiger partial charge in [-0.1, -0.05) is 12.1 Å². The summed E-state index contributed by atoms with van der Waals surface area (Å²) in [6.07, 6.45) is 2.98. The molecule has 3 rings (SSSR count). The van der Waals surface area contributed by atoms with Gasteiger partial charge < -0.3 is 5.73 Å². The largest absolute Gasteiger partial charge is 0.366 e. The molecule has 20 heavy (non-hydrogen) atoms. The molecule has 0 saturated heterocycles. The normalized spacial score (nSPS) is 21.8. The molecule has 1 aliphatic carbocycles. The summed E-state index contributed by atoms with van der Waals surface area (Å²) in [6.45, 7) is 0. The molecule has 0 spiro atoms. The van der Waals surface area contributed by atoms with Crippen molar-refractivity contribution in [3.63, 3.8) is 0 Å². The number of nitrogens with zero attached hydrogens (tertiary/aromatic N) is 3. The smallest absolute Gasteiger partial charge is 0.268 e. The summed E-state index contributed by atoms with van der Waals surface area (Å²) in [5.74, 6) is -1.78. The lowest BCUT2D eigenvalue weighted by molar-refractivity contribution is -0.123. The first-order valence-corrected chi connectivity index (χ1v) is 6.05. The second-order valence-electron chi connectivity index (χ2n) is 4.71. The molecule has 1 atom stereocenters. The molecule has 2 aliphatic rings. The van der Waals surface area contributed by atoms with Gasteiger partial charge in [0.2, 0.25) is 5.66 Å². The number of rotatable bonds is 2. The molecule has 1 aromatic carbocycles. The van der Waals surface area contributed by atoms with Gasteiger partial charge in [-0.05, 0) is 18.1 Å². The summed E-state index contributed by atoms with van der Waals surface area (Å²) in [7, 11) is 0. The average molecular weight is 266 g/mol. The summed E-state index contributed by atoms with van der Waals surface area (Å²) >= 11 is 0. The predicted octanol–water partition coefficient (Wildman–Crippen LogP) is 0.250. The molecule has 0 bridgehead atoms. The fourth-order valence-electron chi connectivity index (χ4n) is 2.76. The average Bonchev–Trinajstić information content (AvgIpc) is 3.05. The van der Waals surface area contributed by atoms with Gasteiger partial charge in [-0.15, -0.1) is 0 Å². The number of benzene rings is 1. The Morgan fingerprint density at radius 1 is 1.40 bits per heavy atom. The molecule has 0 fully saturated rings. The number of carbonyl (C=O) groups excluding carboxylic acids is 2. The minimum absolute atomic E-state index is 0.243. The van der Waals surface area contributed by atoms with Crippen LogP contribution in [0.2, 0.25) is 0 Å². The number of aliphatic imine (C=N–C) groups is 2. The predicted molar refractivity (Wildman–Crippen MR) is 71.6 cm³/mol. The van der Waals surface area contributed by atoms with Crippen LogP contribution in [0.4, 0.5) is 0 Å². The number of nitrogens with two attached hydrogens (primary N) is 1. The molecule has 1 amide bonds. The minimum Gasteiger partial charge on any atom is -0.366 e. The number of primary amides is 1. The highest BCUT2D eigenvalue weighted by Gasteiger charge is 2.52. The Bertz CT molecular complexity index is 715. The zero-order chi connectivity index (χ0) is 14.3. The number of Topliss-reactive ketones (excluding diaryl/α,β-unsaturated/α-hetero) is 1. The first-order chi connectivity index (χ1) is 9.60. The molecule has 1 aromatic rings. The van der Waals surface area contributed by atoms with Gasteiger partial charge in [-0.2, -0.15) is 5.26 Å². The van der Waals surface area contributed by atoms with E-state index in [1.807, 2.05) is 0 Å². The molecule has 2 N–H and O–H groups in total.